The van der Waals surface area contributed by atoms with Crippen molar-refractivity contribution in [1.29, 1.82) is 0 Å². The van der Waals surface area contributed by atoms with E-state index in [1.165, 1.54) is 24.3 Å². The van der Waals surface area contributed by atoms with Crippen molar-refractivity contribution in [3.63, 3.8) is 0 Å². The molecule has 2 aromatic carbocycles. The summed E-state index contributed by atoms with van der Waals surface area (Å²) in [6, 6.07) is 13.8. The number of aromatic nitrogens is 1. The first-order valence-corrected chi connectivity index (χ1v) is 12.1. The fraction of sp³-hybridized carbons (Fsp3) is 0.393. The Labute approximate surface area is 205 Å². The molecule has 1 aliphatic rings. The van der Waals surface area contributed by atoms with Crippen LogP contribution in [-0.2, 0) is 21.4 Å². The van der Waals surface area contributed by atoms with Crippen LogP contribution < -0.4 is 0 Å². The highest BCUT2D eigenvalue weighted by Gasteiger charge is 2.28. The minimum absolute atomic E-state index is 0.0961. The zero-order chi connectivity index (χ0) is 25.2. The maximum absolute atomic E-state index is 11.3. The summed E-state index contributed by atoms with van der Waals surface area (Å²) in [5.74, 6) is -0.363. The van der Waals surface area contributed by atoms with Crippen molar-refractivity contribution in [3.05, 3.63) is 81.0 Å². The summed E-state index contributed by atoms with van der Waals surface area (Å²) >= 11 is 0. The van der Waals surface area contributed by atoms with Gasteiger partial charge in [-0.3, -0.25) is 15.0 Å². The number of fused-ring (bicyclic) bond motifs is 1. The number of likely N-dealkylation sites (tertiary alicyclic amines) is 1. The highest BCUT2D eigenvalue weighted by Crippen LogP contribution is 2.36. The number of nitro benzene ring substituents is 1. The number of methoxy groups -OCH3 is 1. The van der Waals surface area contributed by atoms with Crippen LogP contribution in [0.4, 0.5) is 5.69 Å². The molecule has 0 unspecified atom stereocenters. The van der Waals surface area contributed by atoms with Crippen molar-refractivity contribution in [2.24, 2.45) is 0 Å². The van der Waals surface area contributed by atoms with E-state index in [2.05, 4.69) is 47.5 Å². The largest absolute Gasteiger partial charge is 0.466 e. The smallest absolute Gasteiger partial charge is 0.330 e. The lowest BCUT2D eigenvalue weighted by molar-refractivity contribution is -0.384. The monoisotopic (exact) mass is 475 g/mol. The van der Waals surface area contributed by atoms with E-state index in [4.69, 9.17) is 0 Å². The van der Waals surface area contributed by atoms with Crippen LogP contribution in [-0.4, -0.2) is 41.0 Å². The van der Waals surface area contributed by atoms with Gasteiger partial charge >= 0.3 is 5.97 Å². The van der Waals surface area contributed by atoms with E-state index in [9.17, 15) is 14.9 Å². The highest BCUT2D eigenvalue weighted by molar-refractivity contribution is 5.87. The van der Waals surface area contributed by atoms with Gasteiger partial charge in [-0.05, 0) is 54.6 Å². The van der Waals surface area contributed by atoms with Gasteiger partial charge in [0.25, 0.3) is 5.69 Å². The molecular weight excluding hydrogens is 442 g/mol. The topological polar surface area (TPSA) is 88.5 Å². The molecule has 1 fully saturated rings. The average Bonchev–Trinajstić information content (AvgIpc) is 3.45. The summed E-state index contributed by atoms with van der Waals surface area (Å²) in [6.07, 6.45) is 6.34. The number of aromatic amines is 1. The van der Waals surface area contributed by atoms with Crippen LogP contribution >= 0.6 is 0 Å². The second-order valence-electron chi connectivity index (χ2n) is 10.2. The molecule has 35 heavy (non-hydrogen) atoms. The van der Waals surface area contributed by atoms with Gasteiger partial charge in [-0.1, -0.05) is 45.0 Å². The summed E-state index contributed by atoms with van der Waals surface area (Å²) in [6.45, 7) is 8.48. The molecule has 3 aromatic rings. The number of nitrogens with zero attached hydrogens (tertiary/aromatic N) is 2. The molecule has 0 aliphatic carbocycles. The number of benzene rings is 2. The van der Waals surface area contributed by atoms with Gasteiger partial charge in [0.1, 0.15) is 0 Å². The van der Waals surface area contributed by atoms with Crippen LogP contribution in [0.3, 0.4) is 0 Å². The second kappa shape index (κ2) is 10.0. The molecule has 0 spiro atoms. The lowest BCUT2D eigenvalue weighted by Gasteiger charge is -2.26. The van der Waals surface area contributed by atoms with Gasteiger partial charge < -0.3 is 9.72 Å². The Morgan fingerprint density at radius 3 is 2.63 bits per heavy atom. The lowest BCUT2D eigenvalue weighted by atomic mass is 9.88. The molecule has 184 valence electrons. The average molecular weight is 476 g/mol. The molecule has 4 rings (SSSR count). The number of nitro groups is 1. The van der Waals surface area contributed by atoms with E-state index in [1.54, 1.807) is 18.2 Å². The molecule has 0 saturated carbocycles. The van der Waals surface area contributed by atoms with Crippen molar-refractivity contribution >= 4 is 28.6 Å². The SMILES string of the molecule is COC(=O)/C=C/c1ccc([C@@H]2CCCN2CCc2c(C(C)(C)C)[nH]c3cc([N+](=O)[O-])ccc23)cc1. The van der Waals surface area contributed by atoms with E-state index < -0.39 is 0 Å². The Morgan fingerprint density at radius 1 is 1.23 bits per heavy atom. The summed E-state index contributed by atoms with van der Waals surface area (Å²) in [5.41, 5.74) is 5.47. The van der Waals surface area contributed by atoms with Crippen LogP contribution in [0.1, 0.15) is 62.0 Å². The molecular formula is C28H33N3O4. The summed E-state index contributed by atoms with van der Waals surface area (Å²) in [7, 11) is 1.37. The highest BCUT2D eigenvalue weighted by atomic mass is 16.6. The van der Waals surface area contributed by atoms with Crippen LogP contribution in [0, 0.1) is 10.1 Å². The molecule has 0 bridgehead atoms. The van der Waals surface area contributed by atoms with Crippen molar-refractivity contribution < 1.29 is 14.5 Å². The molecule has 1 atom stereocenters. The van der Waals surface area contributed by atoms with Gasteiger partial charge in [-0.2, -0.15) is 0 Å². The Balaban J connectivity index is 1.54. The second-order valence-corrected chi connectivity index (χ2v) is 10.2. The molecule has 1 aromatic heterocycles. The maximum atomic E-state index is 11.3. The standard InChI is InChI=1S/C28H33N3O4/c1-28(2,3)27-23(22-13-12-21(31(33)34)18-24(22)29-27)15-17-30-16-5-6-25(30)20-10-7-19(8-11-20)9-14-26(32)35-4/h7-14,18,25,29H,5-6,15-17H2,1-4H3/b14-9+/t25-/m0/s1. The first-order valence-electron chi connectivity index (χ1n) is 12.1. The van der Waals surface area contributed by atoms with E-state index >= 15 is 0 Å². The van der Waals surface area contributed by atoms with Gasteiger partial charge in [-0.25, -0.2) is 4.79 Å². The molecule has 0 amide bonds. The van der Waals surface area contributed by atoms with Crippen LogP contribution in [0.5, 0.6) is 0 Å². The number of carbonyl (C=O) groups excluding carboxylic acids is 1. The number of esters is 1. The minimum atomic E-state index is -0.363. The molecule has 0 radical (unpaired) electrons. The predicted octanol–water partition coefficient (Wildman–Crippen LogP) is 5.94. The summed E-state index contributed by atoms with van der Waals surface area (Å²) in [4.78, 5) is 28.3. The first kappa shape index (κ1) is 24.7. The van der Waals surface area contributed by atoms with E-state index in [0.29, 0.717) is 6.04 Å². The number of rotatable bonds is 7. The van der Waals surface area contributed by atoms with Crippen molar-refractivity contribution in [1.82, 2.24) is 9.88 Å². The zero-order valence-electron chi connectivity index (χ0n) is 20.8. The Morgan fingerprint density at radius 2 is 1.97 bits per heavy atom. The third-order valence-corrected chi connectivity index (χ3v) is 6.80. The van der Waals surface area contributed by atoms with Crippen LogP contribution in [0.2, 0.25) is 0 Å². The number of nitrogens with one attached hydrogen (secondary N) is 1. The Bertz CT molecular complexity index is 1250. The maximum Gasteiger partial charge on any atom is 0.330 e. The predicted molar refractivity (Wildman–Crippen MR) is 138 cm³/mol. The van der Waals surface area contributed by atoms with Crippen LogP contribution in [0.25, 0.3) is 17.0 Å². The quantitative estimate of drug-likeness (QED) is 0.198. The van der Waals surface area contributed by atoms with E-state index in [-0.39, 0.29) is 22.0 Å². The minimum Gasteiger partial charge on any atom is -0.466 e. The number of H-pyrrole nitrogens is 1. The third kappa shape index (κ3) is 5.46. The lowest BCUT2D eigenvalue weighted by Crippen LogP contribution is -2.26. The van der Waals surface area contributed by atoms with Crippen LogP contribution in [0.15, 0.2) is 48.5 Å². The third-order valence-electron chi connectivity index (χ3n) is 6.80. The molecule has 7 heteroatoms. The molecule has 1 N–H and O–H groups in total. The molecule has 2 heterocycles. The number of hydrogen-bond acceptors (Lipinski definition) is 5. The fourth-order valence-electron chi connectivity index (χ4n) is 5.05. The molecule has 1 saturated heterocycles. The number of hydrogen-bond donors (Lipinski definition) is 1. The van der Waals surface area contributed by atoms with Crippen molar-refractivity contribution in [2.75, 3.05) is 20.2 Å². The van der Waals surface area contributed by atoms with E-state index in [0.717, 1.165) is 54.5 Å². The van der Waals surface area contributed by atoms with Gasteiger partial charge in [0.15, 0.2) is 0 Å². The van der Waals surface area contributed by atoms with Crippen molar-refractivity contribution in [2.45, 2.75) is 51.5 Å². The first-order chi connectivity index (χ1) is 16.7. The van der Waals surface area contributed by atoms with Gasteiger partial charge in [0.05, 0.1) is 17.5 Å². The van der Waals surface area contributed by atoms with Gasteiger partial charge in [-0.15, -0.1) is 0 Å². The molecule has 1 aliphatic heterocycles. The number of ether oxygens (including phenoxy) is 1. The summed E-state index contributed by atoms with van der Waals surface area (Å²) in [5, 5.41) is 12.3. The normalized spacial score (nSPS) is 16.9. The zero-order valence-corrected chi connectivity index (χ0v) is 20.8. The number of non-ortho nitro benzene ring substituents is 1. The Hall–Kier alpha value is -3.45. The van der Waals surface area contributed by atoms with Gasteiger partial charge in [0, 0.05) is 47.3 Å². The van der Waals surface area contributed by atoms with Gasteiger partial charge in [0.2, 0.25) is 0 Å². The fourth-order valence-corrected chi connectivity index (χ4v) is 5.05. The van der Waals surface area contributed by atoms with E-state index in [1.807, 2.05) is 18.2 Å². The Kier molecular flexibility index (Phi) is 7.08. The summed E-state index contributed by atoms with van der Waals surface area (Å²) < 4.78 is 4.66. The molecule has 7 nitrogen and oxygen atoms in total. The van der Waals surface area contributed by atoms with Crippen molar-refractivity contribution in [3.8, 4) is 0 Å². The number of carbonyl (C=O) groups is 1.